The van der Waals surface area contributed by atoms with E-state index >= 15 is 0 Å². The van der Waals surface area contributed by atoms with E-state index in [9.17, 15) is 4.79 Å². The van der Waals surface area contributed by atoms with Crippen molar-refractivity contribution in [1.29, 1.82) is 0 Å². The SMILES string of the molecule is O=C1CSC(N2CCCCCC2)=N1. The van der Waals surface area contributed by atoms with Crippen molar-refractivity contribution < 1.29 is 4.79 Å². The summed E-state index contributed by atoms with van der Waals surface area (Å²) in [6.45, 7) is 2.16. The molecule has 0 saturated carbocycles. The van der Waals surface area contributed by atoms with Crippen LogP contribution in [-0.4, -0.2) is 34.8 Å². The number of hydrogen-bond acceptors (Lipinski definition) is 3. The molecule has 0 unspecified atom stereocenters. The first-order chi connectivity index (χ1) is 6.36. The second-order valence-corrected chi connectivity index (χ2v) is 4.42. The summed E-state index contributed by atoms with van der Waals surface area (Å²) in [6, 6.07) is 0. The van der Waals surface area contributed by atoms with Gasteiger partial charge in [-0.25, -0.2) is 0 Å². The lowest BCUT2D eigenvalue weighted by Crippen LogP contribution is -2.28. The highest BCUT2D eigenvalue weighted by molar-refractivity contribution is 8.14. The van der Waals surface area contributed by atoms with Crippen LogP contribution in [0.25, 0.3) is 0 Å². The van der Waals surface area contributed by atoms with E-state index in [0.29, 0.717) is 5.75 Å². The first-order valence-corrected chi connectivity index (χ1v) is 5.84. The summed E-state index contributed by atoms with van der Waals surface area (Å²) in [5.74, 6) is 0.579. The van der Waals surface area contributed by atoms with Gasteiger partial charge in [-0.3, -0.25) is 4.79 Å². The van der Waals surface area contributed by atoms with Crippen molar-refractivity contribution in [2.75, 3.05) is 18.8 Å². The number of thioether (sulfide) groups is 1. The smallest absolute Gasteiger partial charge is 0.258 e. The standard InChI is InChI=1S/C9H14N2OS/c12-8-7-13-9(10-8)11-5-3-1-2-4-6-11/h1-7H2. The van der Waals surface area contributed by atoms with Crippen LogP contribution in [0.1, 0.15) is 25.7 Å². The van der Waals surface area contributed by atoms with Crippen molar-refractivity contribution in [2.45, 2.75) is 25.7 Å². The average molecular weight is 198 g/mol. The fourth-order valence-corrected chi connectivity index (χ4v) is 2.57. The predicted molar refractivity (Wildman–Crippen MR) is 54.9 cm³/mol. The van der Waals surface area contributed by atoms with Crippen LogP contribution in [0.3, 0.4) is 0 Å². The Labute approximate surface area is 82.6 Å². The fourth-order valence-electron chi connectivity index (χ4n) is 1.72. The first-order valence-electron chi connectivity index (χ1n) is 4.85. The molecule has 3 nitrogen and oxygen atoms in total. The molecule has 0 bridgehead atoms. The molecule has 4 heteroatoms. The van der Waals surface area contributed by atoms with Gasteiger partial charge >= 0.3 is 0 Å². The van der Waals surface area contributed by atoms with Gasteiger partial charge in [-0.2, -0.15) is 4.99 Å². The number of hydrogen-bond donors (Lipinski definition) is 0. The van der Waals surface area contributed by atoms with E-state index in [1.54, 1.807) is 11.8 Å². The minimum absolute atomic E-state index is 0.0317. The van der Waals surface area contributed by atoms with Crippen LogP contribution in [0, 0.1) is 0 Å². The van der Waals surface area contributed by atoms with E-state index in [4.69, 9.17) is 0 Å². The zero-order valence-electron chi connectivity index (χ0n) is 7.66. The number of likely N-dealkylation sites (tertiary alicyclic amines) is 1. The van der Waals surface area contributed by atoms with Gasteiger partial charge in [-0.05, 0) is 12.8 Å². The molecule has 0 aromatic rings. The van der Waals surface area contributed by atoms with Gasteiger partial charge in [-0.15, -0.1) is 0 Å². The van der Waals surface area contributed by atoms with E-state index in [2.05, 4.69) is 9.89 Å². The number of amidine groups is 1. The molecule has 1 saturated heterocycles. The van der Waals surface area contributed by atoms with Gasteiger partial charge in [0.1, 0.15) is 0 Å². The molecule has 0 aromatic carbocycles. The molecule has 0 radical (unpaired) electrons. The Kier molecular flexibility index (Phi) is 2.88. The number of carbonyl (C=O) groups excluding carboxylic acids is 1. The summed E-state index contributed by atoms with van der Waals surface area (Å²) < 4.78 is 0. The van der Waals surface area contributed by atoms with Crippen LogP contribution < -0.4 is 0 Å². The first kappa shape index (κ1) is 9.06. The van der Waals surface area contributed by atoms with Crippen molar-refractivity contribution >= 4 is 22.8 Å². The minimum atomic E-state index is 0.0317. The lowest BCUT2D eigenvalue weighted by Gasteiger charge is -2.20. The van der Waals surface area contributed by atoms with Gasteiger partial charge in [0.2, 0.25) is 0 Å². The van der Waals surface area contributed by atoms with Gasteiger partial charge in [0.05, 0.1) is 5.75 Å². The number of rotatable bonds is 0. The predicted octanol–water partition coefficient (Wildman–Crippen LogP) is 1.49. The maximum atomic E-state index is 10.9. The van der Waals surface area contributed by atoms with Crippen molar-refractivity contribution in [3.05, 3.63) is 0 Å². The van der Waals surface area contributed by atoms with Crippen LogP contribution in [-0.2, 0) is 4.79 Å². The highest BCUT2D eigenvalue weighted by atomic mass is 32.2. The second-order valence-electron chi connectivity index (χ2n) is 3.48. The molecule has 72 valence electrons. The lowest BCUT2D eigenvalue weighted by molar-refractivity contribution is -0.115. The van der Waals surface area contributed by atoms with E-state index in [-0.39, 0.29) is 5.91 Å². The van der Waals surface area contributed by atoms with Gasteiger partial charge in [0.15, 0.2) is 5.17 Å². The monoisotopic (exact) mass is 198 g/mol. The molecule has 0 aromatic heterocycles. The van der Waals surface area contributed by atoms with Gasteiger partial charge in [0, 0.05) is 13.1 Å². The van der Waals surface area contributed by atoms with Gasteiger partial charge in [0.25, 0.3) is 5.91 Å². The third-order valence-electron chi connectivity index (χ3n) is 2.42. The van der Waals surface area contributed by atoms with Crippen molar-refractivity contribution in [3.63, 3.8) is 0 Å². The van der Waals surface area contributed by atoms with E-state index in [0.717, 1.165) is 18.3 Å². The lowest BCUT2D eigenvalue weighted by atomic mass is 10.2. The second kappa shape index (κ2) is 4.13. The zero-order chi connectivity index (χ0) is 9.10. The van der Waals surface area contributed by atoms with Crippen molar-refractivity contribution in [3.8, 4) is 0 Å². The van der Waals surface area contributed by atoms with Crippen LogP contribution in [0.5, 0.6) is 0 Å². The highest BCUT2D eigenvalue weighted by Crippen LogP contribution is 2.20. The van der Waals surface area contributed by atoms with Crippen LogP contribution in [0.4, 0.5) is 0 Å². The summed E-state index contributed by atoms with van der Waals surface area (Å²) in [5.41, 5.74) is 0. The van der Waals surface area contributed by atoms with Crippen LogP contribution in [0.2, 0.25) is 0 Å². The maximum Gasteiger partial charge on any atom is 0.258 e. The van der Waals surface area contributed by atoms with E-state index < -0.39 is 0 Å². The number of nitrogens with zero attached hydrogens (tertiary/aromatic N) is 2. The van der Waals surface area contributed by atoms with Gasteiger partial charge in [-0.1, -0.05) is 24.6 Å². The Hall–Kier alpha value is -0.510. The fraction of sp³-hybridized carbons (Fsp3) is 0.778. The summed E-state index contributed by atoms with van der Waals surface area (Å²) in [6.07, 6.45) is 5.13. The van der Waals surface area contributed by atoms with Crippen molar-refractivity contribution in [1.82, 2.24) is 4.90 Å². The molecule has 1 amide bonds. The molecule has 13 heavy (non-hydrogen) atoms. The molecule has 1 fully saturated rings. The molecular weight excluding hydrogens is 184 g/mol. The quantitative estimate of drug-likeness (QED) is 0.591. The average Bonchev–Trinajstić information content (AvgIpc) is 2.43. The Morgan fingerprint density at radius 2 is 1.85 bits per heavy atom. The van der Waals surface area contributed by atoms with E-state index in [1.807, 2.05) is 0 Å². The molecule has 0 N–H and O–H groups in total. The third kappa shape index (κ3) is 2.24. The number of carbonyl (C=O) groups is 1. The Bertz CT molecular complexity index is 232. The molecule has 0 spiro atoms. The van der Waals surface area contributed by atoms with Crippen molar-refractivity contribution in [2.24, 2.45) is 4.99 Å². The zero-order valence-corrected chi connectivity index (χ0v) is 8.48. The summed E-state index contributed by atoms with van der Waals surface area (Å²) in [7, 11) is 0. The largest absolute Gasteiger partial charge is 0.351 e. The topological polar surface area (TPSA) is 32.7 Å². The molecule has 2 aliphatic heterocycles. The summed E-state index contributed by atoms with van der Waals surface area (Å²) in [4.78, 5) is 17.2. The third-order valence-corrected chi connectivity index (χ3v) is 3.42. The van der Waals surface area contributed by atoms with E-state index in [1.165, 1.54) is 25.7 Å². The molecule has 2 heterocycles. The highest BCUT2D eigenvalue weighted by Gasteiger charge is 2.21. The van der Waals surface area contributed by atoms with Crippen LogP contribution in [0.15, 0.2) is 4.99 Å². The van der Waals surface area contributed by atoms with Gasteiger partial charge < -0.3 is 4.90 Å². The normalized spacial score (nSPS) is 24.5. The molecular formula is C9H14N2OS. The molecule has 2 aliphatic rings. The molecule has 0 aliphatic carbocycles. The summed E-state index contributed by atoms with van der Waals surface area (Å²) >= 11 is 1.59. The summed E-state index contributed by atoms with van der Waals surface area (Å²) in [5, 5.41) is 0.965. The number of aliphatic imine (C=N–C) groups is 1. The number of amides is 1. The molecule has 0 atom stereocenters. The molecule has 2 rings (SSSR count). The van der Waals surface area contributed by atoms with Crippen LogP contribution >= 0.6 is 11.8 Å². The maximum absolute atomic E-state index is 10.9. The Morgan fingerprint density at radius 1 is 1.15 bits per heavy atom. The minimum Gasteiger partial charge on any atom is -0.351 e. The Morgan fingerprint density at radius 3 is 2.38 bits per heavy atom. The Balaban J connectivity index is 1.98.